The lowest BCUT2D eigenvalue weighted by molar-refractivity contribution is -0.160. The Kier molecular flexibility index (Phi) is 44.6. The van der Waals surface area contributed by atoms with Crippen LogP contribution in [0.1, 0.15) is 226 Å². The van der Waals surface area contributed by atoms with Crippen LogP contribution < -0.4 is 17.2 Å². The maximum absolute atomic E-state index is 12.1. The molecular formula is C47H87N3O8. The third kappa shape index (κ3) is 44.2. The highest BCUT2D eigenvalue weighted by Gasteiger charge is 2.21. The van der Waals surface area contributed by atoms with Crippen molar-refractivity contribution in [2.24, 2.45) is 17.2 Å². The van der Waals surface area contributed by atoms with E-state index in [1.165, 1.54) is 89.9 Å². The number of esters is 4. The van der Waals surface area contributed by atoms with Crippen molar-refractivity contribution in [2.45, 2.75) is 238 Å². The van der Waals surface area contributed by atoms with Gasteiger partial charge in [-0.05, 0) is 90.0 Å². The molecule has 0 saturated heterocycles. The number of carbonyl (C=O) groups excluding carboxylic acids is 4. The van der Waals surface area contributed by atoms with Crippen LogP contribution in [-0.2, 0) is 33.4 Å². The van der Waals surface area contributed by atoms with Crippen molar-refractivity contribution in [1.29, 1.82) is 0 Å². The smallest absolute Gasteiger partial charge is 0.330 e. The number of aliphatic carboxylic acids is 1. The fraction of sp³-hybridized carbons (Fsp3) is 0.809. The summed E-state index contributed by atoms with van der Waals surface area (Å²) in [5.74, 6) is -3.64. The van der Waals surface area contributed by atoms with E-state index in [2.05, 4.69) is 38.2 Å². The molecule has 0 aromatic carbocycles. The van der Waals surface area contributed by atoms with Crippen LogP contribution in [0.25, 0.3) is 0 Å². The lowest BCUT2D eigenvalue weighted by atomic mass is 10.1. The van der Waals surface area contributed by atoms with E-state index in [4.69, 9.17) is 31.8 Å². The average Bonchev–Trinajstić information content (AvgIpc) is 3.20. The highest BCUT2D eigenvalue weighted by atomic mass is 16.6. The molecule has 2 unspecified atom stereocenters. The van der Waals surface area contributed by atoms with Crippen molar-refractivity contribution >= 4 is 29.8 Å². The van der Waals surface area contributed by atoms with Crippen LogP contribution in [0.2, 0.25) is 0 Å². The van der Waals surface area contributed by atoms with E-state index in [0.717, 1.165) is 77.0 Å². The molecule has 11 nitrogen and oxygen atoms in total. The van der Waals surface area contributed by atoms with E-state index in [1.807, 2.05) is 0 Å². The van der Waals surface area contributed by atoms with Crippen molar-refractivity contribution in [3.05, 3.63) is 24.3 Å². The molecule has 338 valence electrons. The van der Waals surface area contributed by atoms with Crippen LogP contribution >= 0.6 is 0 Å². The van der Waals surface area contributed by atoms with Gasteiger partial charge >= 0.3 is 29.8 Å². The average molecular weight is 822 g/mol. The van der Waals surface area contributed by atoms with Crippen LogP contribution in [0.3, 0.4) is 0 Å². The molecule has 58 heavy (non-hydrogen) atoms. The van der Waals surface area contributed by atoms with Gasteiger partial charge in [-0.3, -0.25) is 19.2 Å². The first kappa shape index (κ1) is 57.2. The zero-order chi connectivity index (χ0) is 43.3. The number of ether oxygens (including phenoxy) is 2. The summed E-state index contributed by atoms with van der Waals surface area (Å²) in [5, 5.41) is 8.33. The van der Waals surface area contributed by atoms with Crippen LogP contribution in [-0.4, -0.2) is 53.6 Å². The molecule has 11 heteroatoms. The number of unbranched alkanes of at least 4 members (excludes halogenated alkanes) is 23. The summed E-state index contributed by atoms with van der Waals surface area (Å²) in [5.41, 5.74) is 16.2. The van der Waals surface area contributed by atoms with Crippen molar-refractivity contribution in [3.63, 3.8) is 0 Å². The minimum Gasteiger partial charge on any atom is -0.480 e. The molecule has 0 radical (unpaired) electrons. The molecule has 0 amide bonds. The van der Waals surface area contributed by atoms with Crippen molar-refractivity contribution < 1.29 is 38.6 Å². The Labute approximate surface area is 353 Å². The Bertz CT molecular complexity index is 1060. The van der Waals surface area contributed by atoms with Gasteiger partial charge in [0, 0.05) is 19.3 Å². The Balaban J connectivity index is 0. The van der Waals surface area contributed by atoms with Crippen LogP contribution in [0.4, 0.5) is 0 Å². The van der Waals surface area contributed by atoms with Crippen molar-refractivity contribution in [1.82, 2.24) is 0 Å². The maximum Gasteiger partial charge on any atom is 0.330 e. The molecule has 0 rings (SSSR count). The predicted molar refractivity (Wildman–Crippen MR) is 237 cm³/mol. The monoisotopic (exact) mass is 822 g/mol. The molecule has 0 aliphatic heterocycles. The van der Waals surface area contributed by atoms with E-state index < -0.39 is 41.9 Å². The van der Waals surface area contributed by atoms with E-state index in [-0.39, 0.29) is 25.7 Å². The molecule has 7 N–H and O–H groups in total. The molecule has 0 spiro atoms. The second-order valence-electron chi connectivity index (χ2n) is 15.7. The van der Waals surface area contributed by atoms with Crippen molar-refractivity contribution in [2.75, 3.05) is 6.54 Å². The molecule has 2 atom stereocenters. The van der Waals surface area contributed by atoms with Crippen LogP contribution in [0, 0.1) is 0 Å². The number of hydrogen-bond acceptors (Lipinski definition) is 10. The van der Waals surface area contributed by atoms with Crippen LogP contribution in [0.15, 0.2) is 24.3 Å². The Morgan fingerprint density at radius 2 is 0.810 bits per heavy atom. The largest absolute Gasteiger partial charge is 0.480 e. The summed E-state index contributed by atoms with van der Waals surface area (Å²) in [6.45, 7) is 5.09. The fourth-order valence-corrected chi connectivity index (χ4v) is 6.17. The highest BCUT2D eigenvalue weighted by molar-refractivity contribution is 5.89. The molecule has 0 heterocycles. The van der Waals surface area contributed by atoms with E-state index in [1.54, 1.807) is 0 Å². The molecule has 0 bridgehead atoms. The molecule has 0 aliphatic rings. The van der Waals surface area contributed by atoms with Gasteiger partial charge < -0.3 is 31.8 Å². The zero-order valence-corrected chi connectivity index (χ0v) is 37.0. The minimum atomic E-state index is -1.11. The minimum absolute atomic E-state index is 0.0426. The summed E-state index contributed by atoms with van der Waals surface area (Å²) in [6, 6.07) is -1.83. The molecule has 0 aromatic rings. The third-order valence-electron chi connectivity index (χ3n) is 9.98. The Morgan fingerprint density at radius 1 is 0.448 bits per heavy atom. The summed E-state index contributed by atoms with van der Waals surface area (Å²) in [7, 11) is 0. The standard InChI is InChI=1S/C41H73NO6.C6H14N2O2/c1-3-5-7-9-11-13-15-17-19-21-23-25-27-29-31-33-38(43)47-40(45)36-35-37(42)41(46)48-39(44)34-32-30-28-26-24-22-20-18-16-14-12-10-8-6-4-2;7-4-2-1-3-5(8)6(9)10/h17-20,37H,3-16,21-36,42H2,1-2H3;5H,1-4,7-8H2,(H,9,10)/b19-17-,20-18-;. The van der Waals surface area contributed by atoms with E-state index in [0.29, 0.717) is 25.8 Å². The van der Waals surface area contributed by atoms with Gasteiger partial charge in [0.05, 0.1) is 0 Å². The van der Waals surface area contributed by atoms with Gasteiger partial charge in [0.15, 0.2) is 0 Å². The quantitative estimate of drug-likeness (QED) is 0.0199. The van der Waals surface area contributed by atoms with Gasteiger partial charge in [-0.15, -0.1) is 0 Å². The predicted octanol–water partition coefficient (Wildman–Crippen LogP) is 10.8. The SMILES string of the molecule is CCCCCCCC/C=C\CCCCCCCC(=O)OC(=O)CCC(N)C(=O)OC(=O)CCCCCCC/C=C\CCCCCCCC.NCCCCC(N)C(=O)O. The lowest BCUT2D eigenvalue weighted by Gasteiger charge is -2.10. The summed E-state index contributed by atoms with van der Waals surface area (Å²) in [4.78, 5) is 58.2. The first-order valence-corrected chi connectivity index (χ1v) is 23.3. The third-order valence-corrected chi connectivity index (χ3v) is 9.98. The van der Waals surface area contributed by atoms with Gasteiger partial charge in [0.25, 0.3) is 0 Å². The second-order valence-corrected chi connectivity index (χ2v) is 15.7. The second kappa shape index (κ2) is 45.2. The van der Waals surface area contributed by atoms with E-state index in [9.17, 15) is 24.0 Å². The normalized spacial score (nSPS) is 12.3. The van der Waals surface area contributed by atoms with Gasteiger partial charge in [-0.1, -0.05) is 147 Å². The van der Waals surface area contributed by atoms with Crippen molar-refractivity contribution in [3.8, 4) is 0 Å². The number of allylic oxidation sites excluding steroid dienone is 4. The molecule has 0 aliphatic carbocycles. The molecule has 0 aromatic heterocycles. The van der Waals surface area contributed by atoms with E-state index >= 15 is 0 Å². The van der Waals surface area contributed by atoms with Gasteiger partial charge in [0.2, 0.25) is 0 Å². The number of carboxylic acids is 1. The van der Waals surface area contributed by atoms with Gasteiger partial charge in [0.1, 0.15) is 12.1 Å². The number of nitrogens with two attached hydrogens (primary N) is 3. The first-order chi connectivity index (χ1) is 28.1. The summed E-state index contributed by atoms with van der Waals surface area (Å²) >= 11 is 0. The highest BCUT2D eigenvalue weighted by Crippen LogP contribution is 2.13. The number of carboxylic acid groups (broad SMARTS) is 1. The summed E-state index contributed by atoms with van der Waals surface area (Å²) < 4.78 is 9.70. The topological polar surface area (TPSA) is 202 Å². The molecule has 0 fully saturated rings. The van der Waals surface area contributed by atoms with Gasteiger partial charge in [-0.25, -0.2) is 4.79 Å². The zero-order valence-electron chi connectivity index (χ0n) is 37.0. The van der Waals surface area contributed by atoms with Gasteiger partial charge in [-0.2, -0.15) is 0 Å². The Hall–Kier alpha value is -2.89. The number of rotatable bonds is 39. The Morgan fingerprint density at radius 3 is 1.21 bits per heavy atom. The first-order valence-electron chi connectivity index (χ1n) is 23.3. The number of hydrogen-bond donors (Lipinski definition) is 4. The number of carbonyl (C=O) groups is 5. The summed E-state index contributed by atoms with van der Waals surface area (Å²) in [6.07, 6.45) is 41.9. The van der Waals surface area contributed by atoms with Crippen LogP contribution in [0.5, 0.6) is 0 Å². The fourth-order valence-electron chi connectivity index (χ4n) is 6.17. The maximum atomic E-state index is 12.1. The molecular weight excluding hydrogens is 735 g/mol. The molecule has 0 saturated carbocycles. The lowest BCUT2D eigenvalue weighted by Crippen LogP contribution is -2.34.